The molecule has 0 fully saturated rings. The zero-order chi connectivity index (χ0) is 23.2. The van der Waals surface area contributed by atoms with Gasteiger partial charge in [-0.1, -0.05) is 72.3 Å². The van der Waals surface area contributed by atoms with E-state index in [1.54, 1.807) is 30.3 Å². The average molecular weight is 431 g/mol. The molecule has 0 saturated heterocycles. The van der Waals surface area contributed by atoms with Crippen LogP contribution in [0.1, 0.15) is 16.7 Å². The Balaban J connectivity index is 1.58. The summed E-state index contributed by atoms with van der Waals surface area (Å²) in [5.41, 5.74) is 11.5. The number of hydrogen-bond acceptors (Lipinski definition) is 5. The summed E-state index contributed by atoms with van der Waals surface area (Å²) >= 11 is 0. The minimum Gasteiger partial charge on any atom is -0.423 e. The van der Waals surface area contributed by atoms with Gasteiger partial charge in [-0.3, -0.25) is 0 Å². The molecule has 0 aliphatic carbocycles. The van der Waals surface area contributed by atoms with Gasteiger partial charge in [0.25, 0.3) is 0 Å². The van der Waals surface area contributed by atoms with Gasteiger partial charge >= 0.3 is 5.97 Å². The lowest BCUT2D eigenvalue weighted by Gasteiger charge is -2.11. The summed E-state index contributed by atoms with van der Waals surface area (Å²) in [5, 5.41) is 9.64. The number of nitrogen functional groups attached to an aromatic ring is 1. The molecule has 4 rings (SSSR count). The van der Waals surface area contributed by atoms with Gasteiger partial charge in [-0.15, -0.1) is 0 Å². The number of carbonyl (C=O) groups excluding carboxylic acids is 1. The van der Waals surface area contributed by atoms with Crippen LogP contribution >= 0.6 is 0 Å². The molecule has 0 atom stereocenters. The number of benzene rings is 3. The molecule has 0 aliphatic rings. The first-order valence-electron chi connectivity index (χ1n) is 10.4. The summed E-state index contributed by atoms with van der Waals surface area (Å²) in [6.45, 7) is 2.02. The zero-order valence-electron chi connectivity index (χ0n) is 18.0. The number of aromatic nitrogens is 1. The molecule has 4 aromatic rings. The van der Waals surface area contributed by atoms with E-state index in [1.807, 2.05) is 67.6 Å². The molecule has 160 valence electrons. The van der Waals surface area contributed by atoms with Gasteiger partial charge in [-0.25, -0.2) is 9.78 Å². The van der Waals surface area contributed by atoms with Crippen molar-refractivity contribution in [3.8, 4) is 34.2 Å². The van der Waals surface area contributed by atoms with E-state index < -0.39 is 5.97 Å². The monoisotopic (exact) mass is 431 g/mol. The fourth-order valence-electron chi connectivity index (χ4n) is 3.36. The largest absolute Gasteiger partial charge is 0.423 e. The van der Waals surface area contributed by atoms with Gasteiger partial charge in [0.1, 0.15) is 23.2 Å². The van der Waals surface area contributed by atoms with Crippen molar-refractivity contribution in [3.05, 3.63) is 108 Å². The number of esters is 1. The second-order valence-electron chi connectivity index (χ2n) is 7.48. The van der Waals surface area contributed by atoms with Crippen molar-refractivity contribution in [3.63, 3.8) is 0 Å². The number of nitrogens with two attached hydrogens (primary N) is 1. The Kier molecular flexibility index (Phi) is 6.28. The summed E-state index contributed by atoms with van der Waals surface area (Å²) in [6, 6.07) is 28.4. The Labute approximate surface area is 192 Å². The number of carbonyl (C=O) groups is 1. The molecule has 3 aromatic carbocycles. The number of nitriles is 1. The third kappa shape index (κ3) is 5.15. The molecule has 1 aromatic heterocycles. The summed E-state index contributed by atoms with van der Waals surface area (Å²) in [4.78, 5) is 16.5. The van der Waals surface area contributed by atoms with Crippen LogP contribution in [0, 0.1) is 18.3 Å². The molecule has 0 amide bonds. The quantitative estimate of drug-likeness (QED) is 0.245. The lowest BCUT2D eigenvalue weighted by Crippen LogP contribution is -2.03. The average Bonchev–Trinajstić information content (AvgIpc) is 2.84. The van der Waals surface area contributed by atoms with Crippen LogP contribution in [-0.4, -0.2) is 11.0 Å². The van der Waals surface area contributed by atoms with Crippen molar-refractivity contribution in [1.82, 2.24) is 4.98 Å². The predicted molar refractivity (Wildman–Crippen MR) is 130 cm³/mol. The maximum absolute atomic E-state index is 12.1. The SMILES string of the molecule is Cc1ccc(-c2cc(-c3ccc(OC(=O)/C=C\c4ccccc4)cc3)c(C#N)c(N)n2)cc1. The summed E-state index contributed by atoms with van der Waals surface area (Å²) < 4.78 is 5.38. The summed E-state index contributed by atoms with van der Waals surface area (Å²) in [6.07, 6.45) is 3.08. The van der Waals surface area contributed by atoms with Crippen molar-refractivity contribution in [2.75, 3.05) is 5.73 Å². The van der Waals surface area contributed by atoms with Crippen LogP contribution in [0.5, 0.6) is 5.75 Å². The Hall–Kier alpha value is -4.69. The van der Waals surface area contributed by atoms with Crippen LogP contribution < -0.4 is 10.5 Å². The normalized spacial score (nSPS) is 10.7. The van der Waals surface area contributed by atoms with Crippen LogP contribution in [0.2, 0.25) is 0 Å². The highest BCUT2D eigenvalue weighted by Gasteiger charge is 2.14. The molecule has 33 heavy (non-hydrogen) atoms. The molecule has 0 saturated carbocycles. The van der Waals surface area contributed by atoms with Gasteiger partial charge < -0.3 is 10.5 Å². The van der Waals surface area contributed by atoms with Crippen LogP contribution in [0.25, 0.3) is 28.5 Å². The molecule has 0 bridgehead atoms. The van der Waals surface area contributed by atoms with E-state index in [0.717, 1.165) is 22.3 Å². The Morgan fingerprint density at radius 2 is 1.64 bits per heavy atom. The Bertz CT molecular complexity index is 1350. The fraction of sp³-hybridized carbons (Fsp3) is 0.0357. The molecular weight excluding hydrogens is 410 g/mol. The van der Waals surface area contributed by atoms with Gasteiger partial charge in [-0.2, -0.15) is 5.26 Å². The maximum atomic E-state index is 12.1. The highest BCUT2D eigenvalue weighted by molar-refractivity contribution is 5.89. The number of pyridine rings is 1. The number of ether oxygens (including phenoxy) is 1. The molecule has 0 radical (unpaired) electrons. The van der Waals surface area contributed by atoms with Gasteiger partial charge in [0.15, 0.2) is 0 Å². The van der Waals surface area contributed by atoms with E-state index in [4.69, 9.17) is 10.5 Å². The Morgan fingerprint density at radius 1 is 0.970 bits per heavy atom. The minimum atomic E-state index is -0.473. The number of anilines is 1. The highest BCUT2D eigenvalue weighted by atomic mass is 16.5. The number of hydrogen-bond donors (Lipinski definition) is 1. The van der Waals surface area contributed by atoms with Crippen LogP contribution in [0.3, 0.4) is 0 Å². The van der Waals surface area contributed by atoms with Gasteiger partial charge in [0, 0.05) is 17.2 Å². The topological polar surface area (TPSA) is 89.0 Å². The third-order valence-electron chi connectivity index (χ3n) is 5.10. The molecule has 0 aliphatic heterocycles. The molecule has 0 unspecified atom stereocenters. The second-order valence-corrected chi connectivity index (χ2v) is 7.48. The van der Waals surface area contributed by atoms with Crippen molar-refractivity contribution in [1.29, 1.82) is 5.26 Å². The second kappa shape index (κ2) is 9.63. The molecule has 0 spiro atoms. The summed E-state index contributed by atoms with van der Waals surface area (Å²) in [5.74, 6) is 0.104. The van der Waals surface area contributed by atoms with Crippen LogP contribution in [0.4, 0.5) is 5.82 Å². The standard InChI is InChI=1S/C28H21N3O2/c1-19-7-10-22(11-8-19)26-17-24(25(18-29)28(30)31-26)21-12-14-23(15-13-21)33-27(32)16-9-20-5-3-2-4-6-20/h2-17H,1H3,(H2,30,31)/b16-9-. The Morgan fingerprint density at radius 3 is 2.30 bits per heavy atom. The number of aryl methyl sites for hydroxylation is 1. The first-order valence-corrected chi connectivity index (χ1v) is 10.4. The van der Waals surface area contributed by atoms with Gasteiger partial charge in [-0.05, 0) is 42.3 Å². The maximum Gasteiger partial charge on any atom is 0.336 e. The first kappa shape index (κ1) is 21.5. The minimum absolute atomic E-state index is 0.173. The van der Waals surface area contributed by atoms with Gasteiger partial charge in [0.2, 0.25) is 0 Å². The van der Waals surface area contributed by atoms with E-state index in [9.17, 15) is 10.1 Å². The van der Waals surface area contributed by atoms with Crippen LogP contribution in [-0.2, 0) is 4.79 Å². The van der Waals surface area contributed by atoms with Gasteiger partial charge in [0.05, 0.1) is 5.69 Å². The summed E-state index contributed by atoms with van der Waals surface area (Å²) in [7, 11) is 0. The number of rotatable bonds is 5. The van der Waals surface area contributed by atoms with E-state index in [2.05, 4.69) is 11.1 Å². The fourth-order valence-corrected chi connectivity index (χ4v) is 3.36. The third-order valence-corrected chi connectivity index (χ3v) is 5.10. The predicted octanol–water partition coefficient (Wildman–Crippen LogP) is 5.80. The van der Waals surface area contributed by atoms with Crippen molar-refractivity contribution in [2.24, 2.45) is 0 Å². The lowest BCUT2D eigenvalue weighted by atomic mass is 9.98. The molecule has 5 heteroatoms. The van der Waals surface area contributed by atoms with E-state index >= 15 is 0 Å². The van der Waals surface area contributed by atoms with E-state index in [0.29, 0.717) is 22.6 Å². The molecule has 5 nitrogen and oxygen atoms in total. The first-order chi connectivity index (χ1) is 16.0. The molecule has 1 heterocycles. The smallest absolute Gasteiger partial charge is 0.336 e. The van der Waals surface area contributed by atoms with E-state index in [1.165, 1.54) is 6.08 Å². The van der Waals surface area contributed by atoms with Crippen molar-refractivity contribution >= 4 is 17.9 Å². The van der Waals surface area contributed by atoms with Crippen molar-refractivity contribution < 1.29 is 9.53 Å². The molecular formula is C28H21N3O2. The zero-order valence-corrected chi connectivity index (χ0v) is 18.0. The molecule has 2 N–H and O–H groups in total. The van der Waals surface area contributed by atoms with Crippen molar-refractivity contribution in [2.45, 2.75) is 6.92 Å². The lowest BCUT2D eigenvalue weighted by molar-refractivity contribution is -0.128. The van der Waals surface area contributed by atoms with E-state index in [-0.39, 0.29) is 5.82 Å². The highest BCUT2D eigenvalue weighted by Crippen LogP contribution is 2.32. The van der Waals surface area contributed by atoms with Crippen LogP contribution in [0.15, 0.2) is 91.0 Å². The number of nitrogens with zero attached hydrogens (tertiary/aromatic N) is 2.